The second kappa shape index (κ2) is 7.25. The Bertz CT molecular complexity index is 1270. The summed E-state index contributed by atoms with van der Waals surface area (Å²) < 4.78 is 0. The molecule has 0 saturated carbocycles. The summed E-state index contributed by atoms with van der Waals surface area (Å²) >= 11 is 0. The van der Waals surface area contributed by atoms with Crippen molar-refractivity contribution < 1.29 is 5.11 Å². The number of allylic oxidation sites excluding steroid dienone is 1. The molecule has 1 unspecified atom stereocenters. The van der Waals surface area contributed by atoms with E-state index in [4.69, 9.17) is 15.0 Å². The number of likely N-dealkylation sites (N-methyl/N-ethyl adjacent to an activating group) is 1. The molecule has 7 heteroatoms. The summed E-state index contributed by atoms with van der Waals surface area (Å²) in [6.07, 6.45) is 6.47. The van der Waals surface area contributed by atoms with Crippen molar-refractivity contribution in [2.24, 2.45) is 9.98 Å². The number of H-pyrrole nitrogens is 1. The number of hydrogen-bond donors (Lipinski definition) is 2. The Morgan fingerprint density at radius 3 is 2.53 bits per heavy atom. The lowest BCUT2D eigenvalue weighted by Crippen LogP contribution is -2.54. The van der Waals surface area contributed by atoms with Crippen molar-refractivity contribution in [1.82, 2.24) is 19.8 Å². The highest BCUT2D eigenvalue weighted by molar-refractivity contribution is 6.22. The molecule has 160 valence electrons. The third-order valence-electron chi connectivity index (χ3n) is 6.49. The van der Waals surface area contributed by atoms with E-state index < -0.39 is 5.54 Å². The van der Waals surface area contributed by atoms with Crippen LogP contribution >= 0.6 is 0 Å². The topological polar surface area (TPSA) is 80.1 Å². The molecular formula is C25H24N6O. The van der Waals surface area contributed by atoms with E-state index in [0.29, 0.717) is 5.84 Å². The van der Waals surface area contributed by atoms with Crippen LogP contribution in [0.5, 0.6) is 5.75 Å². The van der Waals surface area contributed by atoms with E-state index in [1.54, 1.807) is 12.1 Å². The number of hydrogen-bond acceptors (Lipinski definition) is 6. The molecule has 2 aliphatic heterocycles. The molecular weight excluding hydrogens is 400 g/mol. The Labute approximate surface area is 186 Å². The number of aromatic amines is 1. The van der Waals surface area contributed by atoms with Crippen LogP contribution in [0.1, 0.15) is 11.4 Å². The van der Waals surface area contributed by atoms with Gasteiger partial charge in [0.15, 0.2) is 5.84 Å². The quantitative estimate of drug-likeness (QED) is 0.677. The number of piperazine rings is 1. The molecule has 2 N–H and O–H groups in total. The molecule has 6 rings (SSSR count). The van der Waals surface area contributed by atoms with E-state index in [1.165, 1.54) is 0 Å². The summed E-state index contributed by atoms with van der Waals surface area (Å²) in [6.45, 7) is 3.87. The van der Waals surface area contributed by atoms with Crippen LogP contribution in [0.3, 0.4) is 0 Å². The van der Waals surface area contributed by atoms with Crippen molar-refractivity contribution in [3.63, 3.8) is 0 Å². The number of aliphatic imine (C=N–C) groups is 2. The number of para-hydroxylation sites is 2. The van der Waals surface area contributed by atoms with Crippen molar-refractivity contribution >= 4 is 22.6 Å². The molecule has 0 radical (unpaired) electrons. The maximum absolute atomic E-state index is 9.61. The fourth-order valence-electron chi connectivity index (χ4n) is 4.61. The van der Waals surface area contributed by atoms with E-state index >= 15 is 0 Å². The molecule has 1 saturated heterocycles. The fourth-order valence-corrected chi connectivity index (χ4v) is 4.61. The lowest BCUT2D eigenvalue weighted by molar-refractivity contribution is 0.0894. The minimum atomic E-state index is -0.511. The Kier molecular flexibility index (Phi) is 4.34. The number of aromatic nitrogens is 2. The zero-order chi connectivity index (χ0) is 21.7. The molecule has 1 aromatic heterocycles. The van der Waals surface area contributed by atoms with Crippen molar-refractivity contribution in [1.29, 1.82) is 0 Å². The smallest absolute Gasteiger partial charge is 0.160 e. The summed E-state index contributed by atoms with van der Waals surface area (Å²) in [5.74, 6) is 1.80. The first-order valence-electron chi connectivity index (χ1n) is 10.9. The van der Waals surface area contributed by atoms with Crippen LogP contribution in [0.2, 0.25) is 0 Å². The molecule has 32 heavy (non-hydrogen) atoms. The van der Waals surface area contributed by atoms with Gasteiger partial charge >= 0.3 is 0 Å². The predicted molar refractivity (Wildman–Crippen MR) is 126 cm³/mol. The van der Waals surface area contributed by atoms with Gasteiger partial charge in [-0.15, -0.1) is 0 Å². The number of imidazole rings is 1. The zero-order valence-electron chi connectivity index (χ0n) is 17.9. The van der Waals surface area contributed by atoms with Gasteiger partial charge in [0.25, 0.3) is 0 Å². The largest absolute Gasteiger partial charge is 0.508 e. The molecule has 1 atom stereocenters. The van der Waals surface area contributed by atoms with Crippen LogP contribution in [0, 0.1) is 0 Å². The van der Waals surface area contributed by atoms with Crippen LogP contribution in [-0.4, -0.2) is 69.6 Å². The van der Waals surface area contributed by atoms with Crippen LogP contribution in [0.25, 0.3) is 11.0 Å². The lowest BCUT2D eigenvalue weighted by Gasteiger charge is -2.44. The third kappa shape index (κ3) is 3.09. The molecule has 1 fully saturated rings. The van der Waals surface area contributed by atoms with E-state index in [2.05, 4.69) is 46.1 Å². The van der Waals surface area contributed by atoms with Gasteiger partial charge in [0.1, 0.15) is 17.1 Å². The summed E-state index contributed by atoms with van der Waals surface area (Å²) in [5, 5.41) is 9.61. The molecule has 7 nitrogen and oxygen atoms in total. The predicted octanol–water partition coefficient (Wildman–Crippen LogP) is 3.07. The average Bonchev–Trinajstić information content (AvgIpc) is 3.44. The number of phenolic OH excluding ortho intramolecular Hbond substituents is 1. The van der Waals surface area contributed by atoms with Gasteiger partial charge < -0.3 is 15.0 Å². The fraction of sp³-hybridized carbons (Fsp3) is 0.240. The van der Waals surface area contributed by atoms with Crippen LogP contribution in [0.4, 0.5) is 0 Å². The van der Waals surface area contributed by atoms with Crippen molar-refractivity contribution in [2.45, 2.75) is 5.54 Å². The van der Waals surface area contributed by atoms with E-state index in [9.17, 15) is 5.11 Å². The van der Waals surface area contributed by atoms with Crippen molar-refractivity contribution in [3.05, 3.63) is 83.8 Å². The molecule has 0 spiro atoms. The van der Waals surface area contributed by atoms with Gasteiger partial charge in [-0.3, -0.25) is 4.90 Å². The molecule has 3 heterocycles. The summed E-state index contributed by atoms with van der Waals surface area (Å²) in [4.78, 5) is 23.0. The van der Waals surface area contributed by atoms with Gasteiger partial charge in [-0.2, -0.15) is 0 Å². The summed E-state index contributed by atoms with van der Waals surface area (Å²) in [7, 11) is 2.16. The van der Waals surface area contributed by atoms with Gasteiger partial charge in [-0.1, -0.05) is 18.2 Å². The standard InChI is InChI=1S/C25H24N6O/c1-30-12-14-31(15-13-30)25(24-28-19-4-2-3-5-20(19)29-24)11-10-21-22(16-25)27-23(26-21)17-6-8-18(32)9-7-17/h2-11,16,32H,12-15H2,1H3,(H,28,29). The Morgan fingerprint density at radius 1 is 0.969 bits per heavy atom. The normalized spacial score (nSPS) is 23.7. The number of nitrogens with zero attached hydrogens (tertiary/aromatic N) is 5. The van der Waals surface area contributed by atoms with E-state index in [-0.39, 0.29) is 5.75 Å². The minimum Gasteiger partial charge on any atom is -0.508 e. The maximum Gasteiger partial charge on any atom is 0.160 e. The Balaban J connectivity index is 1.46. The highest BCUT2D eigenvalue weighted by Crippen LogP contribution is 2.37. The first-order chi connectivity index (χ1) is 15.6. The second-order valence-corrected chi connectivity index (χ2v) is 8.56. The summed E-state index contributed by atoms with van der Waals surface area (Å²) in [5.41, 5.74) is 4.07. The number of benzene rings is 2. The summed E-state index contributed by atoms with van der Waals surface area (Å²) in [6, 6.07) is 15.1. The first-order valence-corrected chi connectivity index (χ1v) is 10.9. The number of nitrogens with one attached hydrogen (secondary N) is 1. The molecule has 3 aromatic rings. The molecule has 1 aliphatic carbocycles. The van der Waals surface area contributed by atoms with Crippen molar-refractivity contribution in [3.8, 4) is 5.75 Å². The highest BCUT2D eigenvalue weighted by atomic mass is 16.3. The minimum absolute atomic E-state index is 0.232. The monoisotopic (exact) mass is 424 g/mol. The number of aromatic hydroxyl groups is 1. The second-order valence-electron chi connectivity index (χ2n) is 8.56. The van der Waals surface area contributed by atoms with Gasteiger partial charge in [-0.05, 0) is 55.6 Å². The van der Waals surface area contributed by atoms with Gasteiger partial charge in [0.05, 0.1) is 22.4 Å². The third-order valence-corrected chi connectivity index (χ3v) is 6.49. The first kappa shape index (κ1) is 19.2. The molecule has 2 aromatic carbocycles. The Morgan fingerprint density at radius 2 is 1.75 bits per heavy atom. The number of phenols is 1. The van der Waals surface area contributed by atoms with Crippen LogP contribution < -0.4 is 0 Å². The zero-order valence-corrected chi connectivity index (χ0v) is 17.9. The molecule has 0 bridgehead atoms. The number of amidine groups is 1. The van der Waals surface area contributed by atoms with E-state index in [0.717, 1.165) is 60.0 Å². The van der Waals surface area contributed by atoms with Crippen LogP contribution in [0.15, 0.2) is 82.4 Å². The molecule has 0 amide bonds. The van der Waals surface area contributed by atoms with Gasteiger partial charge in [-0.25, -0.2) is 15.0 Å². The SMILES string of the molecule is CN1CCN(C2(c3nc4ccccc4[nH]3)C=CC3=NC(c4ccc(O)cc4)=NC3=C2)CC1. The van der Waals surface area contributed by atoms with Crippen LogP contribution in [-0.2, 0) is 5.54 Å². The maximum atomic E-state index is 9.61. The van der Waals surface area contributed by atoms with Crippen molar-refractivity contribution in [2.75, 3.05) is 33.2 Å². The van der Waals surface area contributed by atoms with E-state index in [1.807, 2.05) is 30.3 Å². The number of fused-ring (bicyclic) bond motifs is 2. The molecule has 3 aliphatic rings. The number of rotatable bonds is 3. The lowest BCUT2D eigenvalue weighted by atomic mass is 9.88. The van der Waals surface area contributed by atoms with Gasteiger partial charge in [0, 0.05) is 31.7 Å². The Hall–Kier alpha value is -3.55. The average molecular weight is 425 g/mol. The highest BCUT2D eigenvalue weighted by Gasteiger charge is 2.42. The van der Waals surface area contributed by atoms with Gasteiger partial charge in [0.2, 0.25) is 0 Å².